The van der Waals surface area contributed by atoms with Crippen LogP contribution in [-0.2, 0) is 11.3 Å². The number of carbonyl (C=O) groups is 1. The van der Waals surface area contributed by atoms with Crippen molar-refractivity contribution in [1.82, 2.24) is 9.38 Å². The lowest BCUT2D eigenvalue weighted by atomic mass is 10.2. The second-order valence-electron chi connectivity index (χ2n) is 6.19. The summed E-state index contributed by atoms with van der Waals surface area (Å²) in [7, 11) is 0. The van der Waals surface area contributed by atoms with Crippen LogP contribution < -0.4 is 19.8 Å². The highest BCUT2D eigenvalue weighted by Gasteiger charge is 2.19. The molecule has 0 bridgehead atoms. The standard InChI is InChI=1S/C22H24N2O6/c1-4-27-17-11-15(12-18(28-5-2)21(17)29-6-3)22(26)30-14-16-13-20(25)24-10-8-7-9-19(24)23-16/h7-13H,4-6,14H2,1-3H3. The number of hydrogen-bond acceptors (Lipinski definition) is 7. The van der Waals surface area contributed by atoms with Gasteiger partial charge in [0.2, 0.25) is 5.75 Å². The molecule has 0 aliphatic heterocycles. The molecule has 1 aromatic carbocycles. The Morgan fingerprint density at radius 3 is 2.27 bits per heavy atom. The summed E-state index contributed by atoms with van der Waals surface area (Å²) in [6.07, 6.45) is 1.63. The van der Waals surface area contributed by atoms with E-state index in [1.807, 2.05) is 20.8 Å². The van der Waals surface area contributed by atoms with Crippen molar-refractivity contribution in [3.05, 3.63) is 64.2 Å². The average Bonchev–Trinajstić information content (AvgIpc) is 2.74. The largest absolute Gasteiger partial charge is 0.490 e. The van der Waals surface area contributed by atoms with Gasteiger partial charge >= 0.3 is 5.97 Å². The summed E-state index contributed by atoms with van der Waals surface area (Å²) in [5, 5.41) is 0. The summed E-state index contributed by atoms with van der Waals surface area (Å²) < 4.78 is 23.7. The molecule has 8 heteroatoms. The Kier molecular flexibility index (Phi) is 6.90. The molecule has 0 amide bonds. The van der Waals surface area contributed by atoms with Gasteiger partial charge in [0.25, 0.3) is 5.56 Å². The van der Waals surface area contributed by atoms with Gasteiger partial charge in [0, 0.05) is 12.3 Å². The van der Waals surface area contributed by atoms with Crippen LogP contribution in [0.25, 0.3) is 5.65 Å². The van der Waals surface area contributed by atoms with Gasteiger partial charge < -0.3 is 18.9 Å². The van der Waals surface area contributed by atoms with E-state index in [0.29, 0.717) is 48.4 Å². The molecule has 0 spiro atoms. The minimum atomic E-state index is -0.588. The molecule has 0 atom stereocenters. The van der Waals surface area contributed by atoms with Gasteiger partial charge in [0.1, 0.15) is 12.3 Å². The van der Waals surface area contributed by atoms with Gasteiger partial charge in [-0.1, -0.05) is 6.07 Å². The number of pyridine rings is 1. The highest BCUT2D eigenvalue weighted by molar-refractivity contribution is 5.91. The van der Waals surface area contributed by atoms with Gasteiger partial charge in [0.15, 0.2) is 11.5 Å². The van der Waals surface area contributed by atoms with Crippen LogP contribution in [0.5, 0.6) is 17.2 Å². The molecule has 158 valence electrons. The number of fused-ring (bicyclic) bond motifs is 1. The lowest BCUT2D eigenvalue weighted by Crippen LogP contribution is -2.16. The van der Waals surface area contributed by atoms with Crippen molar-refractivity contribution in [2.75, 3.05) is 19.8 Å². The SMILES string of the molecule is CCOc1cc(C(=O)OCc2cc(=O)n3ccccc3n2)cc(OCC)c1OCC. The van der Waals surface area contributed by atoms with Crippen LogP contribution in [-0.4, -0.2) is 35.2 Å². The second kappa shape index (κ2) is 9.78. The van der Waals surface area contributed by atoms with Crippen molar-refractivity contribution in [3.63, 3.8) is 0 Å². The van der Waals surface area contributed by atoms with Crippen LogP contribution in [0.2, 0.25) is 0 Å². The van der Waals surface area contributed by atoms with E-state index >= 15 is 0 Å². The molecule has 2 heterocycles. The summed E-state index contributed by atoms with van der Waals surface area (Å²) in [6, 6.07) is 9.69. The summed E-state index contributed by atoms with van der Waals surface area (Å²) in [6.45, 7) is 6.61. The van der Waals surface area contributed by atoms with Crippen LogP contribution in [0.3, 0.4) is 0 Å². The highest BCUT2D eigenvalue weighted by Crippen LogP contribution is 2.39. The zero-order valence-electron chi connectivity index (χ0n) is 17.2. The molecule has 0 aliphatic carbocycles. The summed E-state index contributed by atoms with van der Waals surface area (Å²) in [5.74, 6) is 0.663. The predicted octanol–water partition coefficient (Wildman–Crippen LogP) is 3.25. The van der Waals surface area contributed by atoms with E-state index in [4.69, 9.17) is 18.9 Å². The molecule has 2 aromatic heterocycles. The van der Waals surface area contributed by atoms with Crippen molar-refractivity contribution >= 4 is 11.6 Å². The van der Waals surface area contributed by atoms with E-state index in [-0.39, 0.29) is 17.7 Å². The van der Waals surface area contributed by atoms with Crippen molar-refractivity contribution in [3.8, 4) is 17.2 Å². The molecular weight excluding hydrogens is 388 g/mol. The number of hydrogen-bond donors (Lipinski definition) is 0. The first kappa shape index (κ1) is 21.2. The maximum Gasteiger partial charge on any atom is 0.338 e. The van der Waals surface area contributed by atoms with Crippen LogP contribution in [0.1, 0.15) is 36.8 Å². The number of benzene rings is 1. The zero-order chi connectivity index (χ0) is 21.5. The molecular formula is C22H24N2O6. The molecule has 0 N–H and O–H groups in total. The smallest absolute Gasteiger partial charge is 0.338 e. The molecule has 3 rings (SSSR count). The van der Waals surface area contributed by atoms with Gasteiger partial charge in [-0.25, -0.2) is 9.78 Å². The average molecular weight is 412 g/mol. The molecule has 0 aliphatic rings. The third-order valence-corrected chi connectivity index (χ3v) is 4.12. The minimum Gasteiger partial charge on any atom is -0.490 e. The van der Waals surface area contributed by atoms with Crippen LogP contribution >= 0.6 is 0 Å². The predicted molar refractivity (Wildman–Crippen MR) is 111 cm³/mol. The number of esters is 1. The topological polar surface area (TPSA) is 88.4 Å². The van der Waals surface area contributed by atoms with Gasteiger partial charge in [-0.3, -0.25) is 9.20 Å². The fraction of sp³-hybridized carbons (Fsp3) is 0.318. The summed E-state index contributed by atoms with van der Waals surface area (Å²) in [5.41, 5.74) is 0.850. The van der Waals surface area contributed by atoms with Gasteiger partial charge in [-0.2, -0.15) is 0 Å². The molecule has 3 aromatic rings. The van der Waals surface area contributed by atoms with E-state index < -0.39 is 5.97 Å². The fourth-order valence-electron chi connectivity index (χ4n) is 2.91. The molecule has 8 nitrogen and oxygen atoms in total. The lowest BCUT2D eigenvalue weighted by Gasteiger charge is -2.16. The number of rotatable bonds is 9. The van der Waals surface area contributed by atoms with E-state index in [0.717, 1.165) is 0 Å². The van der Waals surface area contributed by atoms with Crippen molar-refractivity contribution in [2.24, 2.45) is 0 Å². The molecule has 0 radical (unpaired) electrons. The van der Waals surface area contributed by atoms with E-state index in [2.05, 4.69) is 4.98 Å². The Balaban J connectivity index is 1.84. The Hall–Kier alpha value is -3.55. The molecule has 30 heavy (non-hydrogen) atoms. The van der Waals surface area contributed by atoms with Gasteiger partial charge in [-0.05, 0) is 45.0 Å². The Bertz CT molecular complexity index is 1070. The number of aromatic nitrogens is 2. The Labute approximate surface area is 174 Å². The first-order chi connectivity index (χ1) is 14.6. The second-order valence-corrected chi connectivity index (χ2v) is 6.19. The maximum atomic E-state index is 12.7. The Morgan fingerprint density at radius 2 is 1.63 bits per heavy atom. The number of carbonyl (C=O) groups excluding carboxylic acids is 1. The van der Waals surface area contributed by atoms with Gasteiger partial charge in [-0.15, -0.1) is 0 Å². The van der Waals surface area contributed by atoms with Crippen molar-refractivity contribution in [2.45, 2.75) is 27.4 Å². The molecule has 0 saturated carbocycles. The van der Waals surface area contributed by atoms with Crippen LogP contribution in [0.4, 0.5) is 0 Å². The number of nitrogens with zero attached hydrogens (tertiary/aromatic N) is 2. The van der Waals surface area contributed by atoms with E-state index in [1.54, 1.807) is 36.5 Å². The third kappa shape index (κ3) is 4.71. The number of ether oxygens (including phenoxy) is 4. The maximum absolute atomic E-state index is 12.7. The van der Waals surface area contributed by atoms with E-state index in [9.17, 15) is 9.59 Å². The van der Waals surface area contributed by atoms with E-state index in [1.165, 1.54) is 10.5 Å². The fourth-order valence-corrected chi connectivity index (χ4v) is 2.91. The molecule has 0 fully saturated rings. The third-order valence-electron chi connectivity index (χ3n) is 4.12. The normalized spacial score (nSPS) is 10.6. The van der Waals surface area contributed by atoms with Crippen molar-refractivity contribution in [1.29, 1.82) is 0 Å². The first-order valence-corrected chi connectivity index (χ1v) is 9.78. The summed E-state index contributed by atoms with van der Waals surface area (Å²) in [4.78, 5) is 29.2. The van der Waals surface area contributed by atoms with Crippen molar-refractivity contribution < 1.29 is 23.7 Å². The molecule has 0 saturated heterocycles. The highest BCUT2D eigenvalue weighted by atomic mass is 16.5. The summed E-state index contributed by atoms with van der Waals surface area (Å²) >= 11 is 0. The minimum absolute atomic E-state index is 0.138. The Morgan fingerprint density at radius 1 is 0.967 bits per heavy atom. The first-order valence-electron chi connectivity index (χ1n) is 9.78. The molecule has 0 unspecified atom stereocenters. The quantitative estimate of drug-likeness (QED) is 0.499. The monoisotopic (exact) mass is 412 g/mol. The van der Waals surface area contributed by atoms with Gasteiger partial charge in [0.05, 0.1) is 31.1 Å². The zero-order valence-corrected chi connectivity index (χ0v) is 17.2. The lowest BCUT2D eigenvalue weighted by molar-refractivity contribution is 0.0466. The van der Waals surface area contributed by atoms with Crippen LogP contribution in [0, 0.1) is 0 Å². The van der Waals surface area contributed by atoms with Crippen LogP contribution in [0.15, 0.2) is 47.4 Å².